The number of benzene rings is 3. The second-order valence-corrected chi connectivity index (χ2v) is 6.32. The molecule has 0 bridgehead atoms. The van der Waals surface area contributed by atoms with Gasteiger partial charge in [0.25, 0.3) is 17.5 Å². The number of hydrogen-bond donors (Lipinski definition) is 2. The summed E-state index contributed by atoms with van der Waals surface area (Å²) < 4.78 is 10.4. The SMILES string of the molecule is COc1ccc(NC(=O)c2ccccc2NC(=O)COc2ccc([N+](=O)[O-])cc2)cc1. The smallest absolute Gasteiger partial charge is 0.269 e. The molecule has 2 N–H and O–H groups in total. The highest BCUT2D eigenvalue weighted by Crippen LogP contribution is 2.20. The molecule has 0 radical (unpaired) electrons. The number of ether oxygens (including phenoxy) is 2. The summed E-state index contributed by atoms with van der Waals surface area (Å²) in [6.45, 7) is -0.327. The highest BCUT2D eigenvalue weighted by molar-refractivity contribution is 6.10. The quantitative estimate of drug-likeness (QED) is 0.421. The lowest BCUT2D eigenvalue weighted by molar-refractivity contribution is -0.384. The maximum Gasteiger partial charge on any atom is 0.269 e. The third kappa shape index (κ3) is 5.80. The van der Waals surface area contributed by atoms with Crippen molar-refractivity contribution in [3.8, 4) is 11.5 Å². The number of nitrogens with one attached hydrogen (secondary N) is 2. The largest absolute Gasteiger partial charge is 0.497 e. The number of nitro benzene ring substituents is 1. The zero-order chi connectivity index (χ0) is 22.2. The summed E-state index contributed by atoms with van der Waals surface area (Å²) in [5.41, 5.74) is 1.11. The van der Waals surface area contributed by atoms with E-state index in [1.54, 1.807) is 55.6 Å². The molecular formula is C22H19N3O6. The molecule has 0 aliphatic rings. The van der Waals surface area contributed by atoms with Crippen LogP contribution in [-0.4, -0.2) is 30.5 Å². The number of methoxy groups -OCH3 is 1. The lowest BCUT2D eigenvalue weighted by Crippen LogP contribution is -2.22. The van der Waals surface area contributed by atoms with Gasteiger partial charge in [-0.2, -0.15) is 0 Å². The van der Waals surface area contributed by atoms with Crippen LogP contribution in [0.2, 0.25) is 0 Å². The molecule has 0 aliphatic carbocycles. The van der Waals surface area contributed by atoms with E-state index in [0.717, 1.165) is 0 Å². The summed E-state index contributed by atoms with van der Waals surface area (Å²) in [6.07, 6.45) is 0. The van der Waals surface area contributed by atoms with E-state index in [9.17, 15) is 19.7 Å². The number of non-ortho nitro benzene ring substituents is 1. The molecule has 0 fully saturated rings. The third-order valence-corrected chi connectivity index (χ3v) is 4.21. The van der Waals surface area contributed by atoms with Crippen LogP contribution in [0.3, 0.4) is 0 Å². The van der Waals surface area contributed by atoms with Gasteiger partial charge in [-0.3, -0.25) is 19.7 Å². The zero-order valence-electron chi connectivity index (χ0n) is 16.5. The van der Waals surface area contributed by atoms with Crippen molar-refractivity contribution in [2.24, 2.45) is 0 Å². The lowest BCUT2D eigenvalue weighted by atomic mass is 10.1. The molecule has 0 spiro atoms. The van der Waals surface area contributed by atoms with Crippen LogP contribution < -0.4 is 20.1 Å². The van der Waals surface area contributed by atoms with Gasteiger partial charge in [-0.05, 0) is 48.5 Å². The number of carbonyl (C=O) groups is 2. The Kier molecular flexibility index (Phi) is 6.79. The van der Waals surface area contributed by atoms with E-state index >= 15 is 0 Å². The average Bonchev–Trinajstić information content (AvgIpc) is 2.79. The maximum absolute atomic E-state index is 12.7. The number of anilines is 2. The zero-order valence-corrected chi connectivity index (χ0v) is 16.5. The van der Waals surface area contributed by atoms with Gasteiger partial charge in [0.05, 0.1) is 23.3 Å². The number of nitrogens with zero attached hydrogens (tertiary/aromatic N) is 1. The van der Waals surface area contributed by atoms with Gasteiger partial charge in [0, 0.05) is 17.8 Å². The van der Waals surface area contributed by atoms with E-state index in [1.165, 1.54) is 24.3 Å². The Hall–Kier alpha value is -4.40. The van der Waals surface area contributed by atoms with E-state index in [1.807, 2.05) is 0 Å². The minimum absolute atomic E-state index is 0.0754. The molecule has 9 heteroatoms. The third-order valence-electron chi connectivity index (χ3n) is 4.21. The normalized spacial score (nSPS) is 10.1. The predicted octanol–water partition coefficient (Wildman–Crippen LogP) is 3.87. The van der Waals surface area contributed by atoms with E-state index in [0.29, 0.717) is 22.9 Å². The topological polar surface area (TPSA) is 120 Å². The van der Waals surface area contributed by atoms with E-state index < -0.39 is 16.7 Å². The number of nitro groups is 1. The van der Waals surface area contributed by atoms with Gasteiger partial charge in [0.1, 0.15) is 11.5 Å². The van der Waals surface area contributed by atoms with Crippen LogP contribution in [0.1, 0.15) is 10.4 Å². The van der Waals surface area contributed by atoms with Crippen molar-refractivity contribution in [3.05, 3.63) is 88.5 Å². The van der Waals surface area contributed by atoms with Gasteiger partial charge >= 0.3 is 0 Å². The molecule has 3 aromatic carbocycles. The Morgan fingerprint density at radius 3 is 2.19 bits per heavy atom. The molecule has 0 aromatic heterocycles. The average molecular weight is 421 g/mol. The van der Waals surface area contributed by atoms with Gasteiger partial charge in [-0.25, -0.2) is 0 Å². The van der Waals surface area contributed by atoms with Gasteiger partial charge in [0.15, 0.2) is 6.61 Å². The Labute approximate surface area is 177 Å². The van der Waals surface area contributed by atoms with E-state index in [2.05, 4.69) is 10.6 Å². The molecule has 3 rings (SSSR count). The van der Waals surface area contributed by atoms with Crippen LogP contribution in [0.4, 0.5) is 17.1 Å². The Balaban J connectivity index is 1.61. The minimum atomic E-state index is -0.523. The molecule has 0 aliphatic heterocycles. The summed E-state index contributed by atoms with van der Waals surface area (Å²) in [4.78, 5) is 35.1. The molecule has 0 saturated carbocycles. The van der Waals surface area contributed by atoms with Crippen molar-refractivity contribution in [2.45, 2.75) is 0 Å². The number of hydrogen-bond acceptors (Lipinski definition) is 6. The number of carbonyl (C=O) groups excluding carboxylic acids is 2. The Morgan fingerprint density at radius 2 is 1.55 bits per heavy atom. The van der Waals surface area contributed by atoms with Gasteiger partial charge < -0.3 is 20.1 Å². The molecule has 158 valence electrons. The molecular weight excluding hydrogens is 402 g/mol. The monoisotopic (exact) mass is 421 g/mol. The fourth-order valence-electron chi connectivity index (χ4n) is 2.66. The van der Waals surface area contributed by atoms with Crippen molar-refractivity contribution < 1.29 is 24.0 Å². The van der Waals surface area contributed by atoms with Crippen molar-refractivity contribution in [2.75, 3.05) is 24.4 Å². The summed E-state index contributed by atoms with van der Waals surface area (Å²) >= 11 is 0. The highest BCUT2D eigenvalue weighted by Gasteiger charge is 2.14. The highest BCUT2D eigenvalue weighted by atomic mass is 16.6. The summed E-state index contributed by atoms with van der Waals surface area (Å²) in [7, 11) is 1.55. The van der Waals surface area contributed by atoms with Gasteiger partial charge in [-0.1, -0.05) is 12.1 Å². The molecule has 0 unspecified atom stereocenters. The second kappa shape index (κ2) is 9.88. The van der Waals surface area contributed by atoms with Crippen molar-refractivity contribution in [1.82, 2.24) is 0 Å². The van der Waals surface area contributed by atoms with Crippen LogP contribution in [-0.2, 0) is 4.79 Å². The number of amides is 2. The van der Waals surface area contributed by atoms with Crippen LogP contribution in [0.25, 0.3) is 0 Å². The molecule has 9 nitrogen and oxygen atoms in total. The van der Waals surface area contributed by atoms with Crippen LogP contribution in [0, 0.1) is 10.1 Å². The van der Waals surface area contributed by atoms with E-state index in [4.69, 9.17) is 9.47 Å². The van der Waals surface area contributed by atoms with E-state index in [-0.39, 0.29) is 17.9 Å². The number of rotatable bonds is 8. The minimum Gasteiger partial charge on any atom is -0.497 e. The molecule has 31 heavy (non-hydrogen) atoms. The first kappa shape index (κ1) is 21.3. The first-order chi connectivity index (χ1) is 15.0. The Bertz CT molecular complexity index is 1080. The standard InChI is InChI=1S/C22H19N3O6/c1-30-17-10-6-15(7-11-17)23-22(27)19-4-2-3-5-20(19)24-21(26)14-31-18-12-8-16(9-13-18)25(28)29/h2-13H,14H2,1H3,(H,23,27)(H,24,26). The summed E-state index contributed by atoms with van der Waals surface area (Å²) in [6, 6.07) is 18.8. The number of para-hydroxylation sites is 1. The Morgan fingerprint density at radius 1 is 0.903 bits per heavy atom. The first-order valence-electron chi connectivity index (χ1n) is 9.18. The lowest BCUT2D eigenvalue weighted by Gasteiger charge is -2.12. The summed E-state index contributed by atoms with van der Waals surface area (Å²) in [5, 5.41) is 16.1. The molecule has 3 aromatic rings. The first-order valence-corrected chi connectivity index (χ1v) is 9.18. The summed E-state index contributed by atoms with van der Waals surface area (Å²) in [5.74, 6) is 0.102. The van der Waals surface area contributed by atoms with Crippen molar-refractivity contribution in [1.29, 1.82) is 0 Å². The molecule has 0 heterocycles. The fourth-order valence-corrected chi connectivity index (χ4v) is 2.66. The van der Waals surface area contributed by atoms with Gasteiger partial charge in [-0.15, -0.1) is 0 Å². The van der Waals surface area contributed by atoms with Crippen LogP contribution >= 0.6 is 0 Å². The second-order valence-electron chi connectivity index (χ2n) is 6.32. The van der Waals surface area contributed by atoms with Crippen LogP contribution in [0.15, 0.2) is 72.8 Å². The van der Waals surface area contributed by atoms with Crippen molar-refractivity contribution >= 4 is 28.9 Å². The van der Waals surface area contributed by atoms with Crippen LogP contribution in [0.5, 0.6) is 11.5 Å². The van der Waals surface area contributed by atoms with Gasteiger partial charge in [0.2, 0.25) is 0 Å². The molecule has 0 saturated heterocycles. The molecule has 0 atom stereocenters. The molecule has 2 amide bonds. The maximum atomic E-state index is 12.7. The fraction of sp³-hybridized carbons (Fsp3) is 0.0909. The van der Waals surface area contributed by atoms with Crippen molar-refractivity contribution in [3.63, 3.8) is 0 Å². The predicted molar refractivity (Wildman–Crippen MR) is 115 cm³/mol.